The van der Waals surface area contributed by atoms with Crippen LogP contribution in [-0.2, 0) is 0 Å². The molecular weight excluding hydrogens is 236 g/mol. The summed E-state index contributed by atoms with van der Waals surface area (Å²) in [4.78, 5) is 1.68. The number of hydrogen-bond donors (Lipinski definition) is 4. The molecule has 0 amide bonds. The van der Waals surface area contributed by atoms with Crippen LogP contribution >= 0.6 is 25.3 Å². The third-order valence-corrected chi connectivity index (χ3v) is 2.69. The molecule has 0 aliphatic heterocycles. The average molecular weight is 250 g/mol. The summed E-state index contributed by atoms with van der Waals surface area (Å²) < 4.78 is 0. The lowest BCUT2D eigenvalue weighted by Crippen LogP contribution is -1.83. The van der Waals surface area contributed by atoms with Gasteiger partial charge in [-0.05, 0) is 24.3 Å². The summed E-state index contributed by atoms with van der Waals surface area (Å²) in [5.74, 6) is 0. The van der Waals surface area contributed by atoms with Crippen molar-refractivity contribution < 1.29 is 0 Å². The molecule has 84 valence electrons. The van der Waals surface area contributed by atoms with Crippen LogP contribution in [0.2, 0.25) is 0 Å². The van der Waals surface area contributed by atoms with Gasteiger partial charge in [-0.1, -0.05) is 24.3 Å². The van der Waals surface area contributed by atoms with Crippen LogP contribution in [-0.4, -0.2) is 0 Å². The first-order chi connectivity index (χ1) is 7.61. The Bertz CT molecular complexity index is 373. The van der Waals surface area contributed by atoms with Crippen molar-refractivity contribution in [1.82, 2.24) is 0 Å². The van der Waals surface area contributed by atoms with Crippen LogP contribution in [0.15, 0.2) is 58.3 Å². The summed E-state index contributed by atoms with van der Waals surface area (Å²) >= 11 is 8.15. The van der Waals surface area contributed by atoms with E-state index in [1.54, 1.807) is 0 Å². The molecule has 2 aromatic carbocycles. The Balaban J connectivity index is 0.000000160. The second kappa shape index (κ2) is 6.35. The molecule has 0 saturated carbocycles. The van der Waals surface area contributed by atoms with Crippen LogP contribution in [0.3, 0.4) is 0 Å². The van der Waals surface area contributed by atoms with Crippen LogP contribution in [0.5, 0.6) is 0 Å². The van der Waals surface area contributed by atoms with Crippen LogP contribution < -0.4 is 11.5 Å². The quantitative estimate of drug-likeness (QED) is 0.429. The van der Waals surface area contributed by atoms with E-state index in [0.29, 0.717) is 0 Å². The minimum absolute atomic E-state index is 0.732. The first-order valence-corrected chi connectivity index (χ1v) is 5.57. The van der Waals surface area contributed by atoms with Gasteiger partial charge in [-0.3, -0.25) is 0 Å². The Morgan fingerprint density at radius 1 is 0.625 bits per heavy atom. The number of anilines is 2. The zero-order chi connectivity index (χ0) is 12.0. The highest BCUT2D eigenvalue weighted by atomic mass is 32.1. The van der Waals surface area contributed by atoms with E-state index in [2.05, 4.69) is 25.3 Å². The van der Waals surface area contributed by atoms with Crippen molar-refractivity contribution in [2.45, 2.75) is 9.79 Å². The van der Waals surface area contributed by atoms with Gasteiger partial charge in [0.25, 0.3) is 0 Å². The van der Waals surface area contributed by atoms with Gasteiger partial charge in [0.05, 0.1) is 0 Å². The van der Waals surface area contributed by atoms with E-state index in [1.807, 2.05) is 48.5 Å². The van der Waals surface area contributed by atoms with Crippen molar-refractivity contribution in [3.05, 3.63) is 48.5 Å². The lowest BCUT2D eigenvalue weighted by molar-refractivity contribution is 1.48. The smallest absolute Gasteiger partial charge is 0.0449 e. The molecule has 0 aliphatic carbocycles. The minimum atomic E-state index is 0.732. The number of rotatable bonds is 0. The highest BCUT2D eigenvalue weighted by Crippen LogP contribution is 2.13. The lowest BCUT2D eigenvalue weighted by Gasteiger charge is -1.92. The molecule has 2 nitrogen and oxygen atoms in total. The van der Waals surface area contributed by atoms with Gasteiger partial charge in [0.2, 0.25) is 0 Å². The normalized spacial score (nSPS) is 9.12. The van der Waals surface area contributed by atoms with E-state index in [0.717, 1.165) is 21.2 Å². The molecule has 0 fully saturated rings. The lowest BCUT2D eigenvalue weighted by atomic mass is 10.3. The molecule has 0 unspecified atom stereocenters. The molecule has 0 aromatic heterocycles. The Labute approximate surface area is 106 Å². The van der Waals surface area contributed by atoms with Gasteiger partial charge in [0.15, 0.2) is 0 Å². The Morgan fingerprint density at radius 3 is 1.12 bits per heavy atom. The Kier molecular flexibility index (Phi) is 5.08. The standard InChI is InChI=1S/2C6H7NS/c2*7-5-3-1-2-4-6(5)8/h2*1-4,8H,7H2. The SMILES string of the molecule is Nc1ccccc1S.Nc1ccccc1S. The van der Waals surface area contributed by atoms with Crippen molar-refractivity contribution in [2.75, 3.05) is 11.5 Å². The van der Waals surface area contributed by atoms with Crippen molar-refractivity contribution in [3.8, 4) is 0 Å². The zero-order valence-corrected chi connectivity index (χ0v) is 10.5. The van der Waals surface area contributed by atoms with Crippen LogP contribution in [0.25, 0.3) is 0 Å². The number of para-hydroxylation sites is 2. The number of nitrogen functional groups attached to an aromatic ring is 2. The molecule has 4 N–H and O–H groups in total. The van der Waals surface area contributed by atoms with Crippen molar-refractivity contribution in [2.24, 2.45) is 0 Å². The number of hydrogen-bond acceptors (Lipinski definition) is 4. The summed E-state index contributed by atoms with van der Waals surface area (Å²) in [5.41, 5.74) is 12.4. The monoisotopic (exact) mass is 250 g/mol. The van der Waals surface area contributed by atoms with E-state index in [1.165, 1.54) is 0 Å². The highest BCUT2D eigenvalue weighted by molar-refractivity contribution is 7.80. The molecule has 0 spiro atoms. The van der Waals surface area contributed by atoms with Crippen LogP contribution in [0.4, 0.5) is 11.4 Å². The van der Waals surface area contributed by atoms with E-state index in [-0.39, 0.29) is 0 Å². The number of nitrogens with two attached hydrogens (primary N) is 2. The summed E-state index contributed by atoms with van der Waals surface area (Å²) in [6, 6.07) is 14.9. The zero-order valence-electron chi connectivity index (χ0n) is 8.67. The Hall–Kier alpha value is -1.26. The van der Waals surface area contributed by atoms with Crippen molar-refractivity contribution in [1.29, 1.82) is 0 Å². The van der Waals surface area contributed by atoms with Crippen molar-refractivity contribution in [3.63, 3.8) is 0 Å². The molecule has 0 saturated heterocycles. The maximum absolute atomic E-state index is 5.44. The van der Waals surface area contributed by atoms with Gasteiger partial charge >= 0.3 is 0 Å². The first-order valence-electron chi connectivity index (χ1n) is 4.68. The largest absolute Gasteiger partial charge is 0.398 e. The molecule has 2 aromatic rings. The molecule has 0 heterocycles. The minimum Gasteiger partial charge on any atom is -0.398 e. The van der Waals surface area contributed by atoms with Gasteiger partial charge in [0, 0.05) is 21.2 Å². The van der Waals surface area contributed by atoms with Gasteiger partial charge in [-0.2, -0.15) is 0 Å². The molecule has 16 heavy (non-hydrogen) atoms. The van der Waals surface area contributed by atoms with Crippen LogP contribution in [0, 0.1) is 0 Å². The van der Waals surface area contributed by atoms with Gasteiger partial charge in [-0.15, -0.1) is 25.3 Å². The maximum Gasteiger partial charge on any atom is 0.0449 e. The fourth-order valence-electron chi connectivity index (χ4n) is 0.975. The van der Waals surface area contributed by atoms with E-state index >= 15 is 0 Å². The Morgan fingerprint density at radius 2 is 0.938 bits per heavy atom. The third-order valence-electron chi connectivity index (χ3n) is 1.87. The number of thiol groups is 2. The topological polar surface area (TPSA) is 52.0 Å². The average Bonchev–Trinajstić information content (AvgIpc) is 2.28. The fraction of sp³-hybridized carbons (Fsp3) is 0. The second-order valence-corrected chi connectivity index (χ2v) is 4.08. The third kappa shape index (κ3) is 4.08. The summed E-state index contributed by atoms with van der Waals surface area (Å²) in [6.07, 6.45) is 0. The molecule has 0 atom stereocenters. The summed E-state index contributed by atoms with van der Waals surface area (Å²) in [6.45, 7) is 0. The van der Waals surface area contributed by atoms with E-state index in [9.17, 15) is 0 Å². The number of benzene rings is 2. The predicted molar refractivity (Wildman–Crippen MR) is 76.2 cm³/mol. The second-order valence-electron chi connectivity index (χ2n) is 3.12. The first kappa shape index (κ1) is 12.8. The molecule has 0 bridgehead atoms. The highest BCUT2D eigenvalue weighted by Gasteiger charge is 1.86. The molecule has 0 radical (unpaired) electrons. The van der Waals surface area contributed by atoms with Crippen LogP contribution in [0.1, 0.15) is 0 Å². The fourth-order valence-corrected chi connectivity index (χ4v) is 1.30. The van der Waals surface area contributed by atoms with Gasteiger partial charge < -0.3 is 11.5 Å². The van der Waals surface area contributed by atoms with Gasteiger partial charge in [0.1, 0.15) is 0 Å². The molecule has 0 aliphatic rings. The maximum atomic E-state index is 5.44. The molecule has 2 rings (SSSR count). The van der Waals surface area contributed by atoms with E-state index < -0.39 is 0 Å². The summed E-state index contributed by atoms with van der Waals surface area (Å²) in [5, 5.41) is 0. The summed E-state index contributed by atoms with van der Waals surface area (Å²) in [7, 11) is 0. The van der Waals surface area contributed by atoms with Gasteiger partial charge in [-0.25, -0.2) is 0 Å². The van der Waals surface area contributed by atoms with E-state index in [4.69, 9.17) is 11.5 Å². The molecular formula is C12H14N2S2. The molecule has 4 heteroatoms. The van der Waals surface area contributed by atoms with Crippen molar-refractivity contribution >= 4 is 36.6 Å². The predicted octanol–water partition coefficient (Wildman–Crippen LogP) is 3.12.